The van der Waals surface area contributed by atoms with Gasteiger partial charge in [0.05, 0.1) is 11.4 Å². The van der Waals surface area contributed by atoms with Crippen LogP contribution in [0.15, 0.2) is 29.2 Å². The number of nitrogens with zero attached hydrogens (tertiary/aromatic N) is 3. The molecule has 0 bridgehead atoms. The summed E-state index contributed by atoms with van der Waals surface area (Å²) in [4.78, 5) is 0.213. The minimum Gasteiger partial charge on any atom is -0.313 e. The summed E-state index contributed by atoms with van der Waals surface area (Å²) in [7, 11) is -3.57. The summed E-state index contributed by atoms with van der Waals surface area (Å²) in [5.41, 5.74) is 1.04. The fraction of sp³-hybridized carbons (Fsp3) is 0.417. The van der Waals surface area contributed by atoms with Crippen LogP contribution in [-0.4, -0.2) is 35.6 Å². The van der Waals surface area contributed by atoms with Crippen LogP contribution in [0.3, 0.4) is 0 Å². The number of hydrogen-bond acceptors (Lipinski definition) is 6. The fourth-order valence-electron chi connectivity index (χ4n) is 1.70. The largest absolute Gasteiger partial charge is 0.313 e. The zero-order chi connectivity index (χ0) is 15.1. The van der Waals surface area contributed by atoms with Crippen LogP contribution in [0.2, 0.25) is 0 Å². The number of hydrogen-bond donors (Lipinski definition) is 3. The monoisotopic (exact) mass is 310 g/mol. The maximum Gasteiger partial charge on any atom is 0.240 e. The van der Waals surface area contributed by atoms with Crippen molar-refractivity contribution in [2.24, 2.45) is 0 Å². The first-order valence-corrected chi connectivity index (χ1v) is 8.12. The van der Waals surface area contributed by atoms with E-state index in [0.717, 1.165) is 25.1 Å². The fourth-order valence-corrected chi connectivity index (χ4v) is 2.68. The van der Waals surface area contributed by atoms with Gasteiger partial charge < -0.3 is 5.32 Å². The summed E-state index contributed by atoms with van der Waals surface area (Å²) >= 11 is 0. The van der Waals surface area contributed by atoms with Gasteiger partial charge in [0.2, 0.25) is 10.0 Å². The third kappa shape index (κ3) is 4.59. The normalized spacial score (nSPS) is 11.7. The third-order valence-electron chi connectivity index (χ3n) is 2.80. The molecule has 0 unspecified atom stereocenters. The van der Waals surface area contributed by atoms with Crippen LogP contribution in [-0.2, 0) is 23.1 Å². The van der Waals surface area contributed by atoms with Gasteiger partial charge in [-0.15, -0.1) is 10.2 Å². The van der Waals surface area contributed by atoms with Crippen molar-refractivity contribution in [3.63, 3.8) is 0 Å². The second-order valence-corrected chi connectivity index (χ2v) is 6.24. The van der Waals surface area contributed by atoms with Crippen LogP contribution in [0.5, 0.6) is 0 Å². The molecule has 2 rings (SSSR count). The summed E-state index contributed by atoms with van der Waals surface area (Å²) < 4.78 is 26.6. The van der Waals surface area contributed by atoms with Crippen LogP contribution in [0, 0.1) is 0 Å². The van der Waals surface area contributed by atoms with Crippen LogP contribution >= 0.6 is 0 Å². The van der Waals surface area contributed by atoms with Crippen molar-refractivity contribution in [3.05, 3.63) is 35.7 Å². The van der Waals surface area contributed by atoms with Crippen LogP contribution in [0.25, 0.3) is 0 Å². The van der Waals surface area contributed by atoms with E-state index in [1.807, 2.05) is 0 Å². The van der Waals surface area contributed by atoms with Gasteiger partial charge in [-0.2, -0.15) is 5.21 Å². The molecule has 0 aliphatic rings. The standard InChI is InChI=1S/C12H18N6O2S/c1-2-7-13-8-10-3-5-11(6-4-10)21(19,20)14-9-12-15-17-18-16-12/h3-6,13-14H,2,7-9H2,1H3,(H,15,16,17,18). The van der Waals surface area contributed by atoms with Crippen molar-refractivity contribution < 1.29 is 8.42 Å². The average Bonchev–Trinajstić information content (AvgIpc) is 3.00. The molecule has 0 saturated carbocycles. The summed E-state index contributed by atoms with van der Waals surface area (Å²) in [6, 6.07) is 6.76. The Morgan fingerprint density at radius 2 is 1.95 bits per heavy atom. The zero-order valence-electron chi connectivity index (χ0n) is 11.7. The molecule has 0 spiro atoms. The predicted molar refractivity (Wildman–Crippen MR) is 76.6 cm³/mol. The average molecular weight is 310 g/mol. The van der Waals surface area contributed by atoms with Gasteiger partial charge in [0, 0.05) is 6.54 Å². The van der Waals surface area contributed by atoms with Gasteiger partial charge in [0.15, 0.2) is 5.82 Å². The topological polar surface area (TPSA) is 113 Å². The molecule has 0 radical (unpaired) electrons. The molecule has 0 aliphatic carbocycles. The van der Waals surface area contributed by atoms with E-state index in [4.69, 9.17) is 0 Å². The number of aromatic nitrogens is 4. The highest BCUT2D eigenvalue weighted by molar-refractivity contribution is 7.89. The number of nitrogens with one attached hydrogen (secondary N) is 3. The molecule has 9 heteroatoms. The van der Waals surface area contributed by atoms with Crippen molar-refractivity contribution >= 4 is 10.0 Å². The number of aromatic amines is 1. The van der Waals surface area contributed by atoms with E-state index in [9.17, 15) is 8.42 Å². The minimum absolute atomic E-state index is 0.00135. The minimum atomic E-state index is -3.57. The van der Waals surface area contributed by atoms with Crippen molar-refractivity contribution in [2.45, 2.75) is 31.3 Å². The van der Waals surface area contributed by atoms with Crippen molar-refractivity contribution in [2.75, 3.05) is 6.54 Å². The van der Waals surface area contributed by atoms with E-state index in [-0.39, 0.29) is 11.4 Å². The quantitative estimate of drug-likeness (QED) is 0.599. The molecule has 114 valence electrons. The van der Waals surface area contributed by atoms with Crippen LogP contribution in [0.1, 0.15) is 24.7 Å². The summed E-state index contributed by atoms with van der Waals surface area (Å²) in [6.07, 6.45) is 1.06. The number of sulfonamides is 1. The second kappa shape index (κ2) is 7.25. The van der Waals surface area contributed by atoms with Crippen molar-refractivity contribution in [1.82, 2.24) is 30.7 Å². The van der Waals surface area contributed by atoms with Crippen molar-refractivity contribution in [1.29, 1.82) is 0 Å². The predicted octanol–water partition coefficient (Wildman–Crippen LogP) is 0.178. The van der Waals surface area contributed by atoms with Crippen LogP contribution in [0.4, 0.5) is 0 Å². The Morgan fingerprint density at radius 1 is 1.19 bits per heavy atom. The van der Waals surface area contributed by atoms with E-state index >= 15 is 0 Å². The smallest absolute Gasteiger partial charge is 0.240 e. The Morgan fingerprint density at radius 3 is 2.57 bits per heavy atom. The Kier molecular flexibility index (Phi) is 5.37. The number of H-pyrrole nitrogens is 1. The van der Waals surface area contributed by atoms with Crippen molar-refractivity contribution in [3.8, 4) is 0 Å². The third-order valence-corrected chi connectivity index (χ3v) is 4.22. The summed E-state index contributed by atoms with van der Waals surface area (Å²) in [5.74, 6) is 0.291. The maximum atomic E-state index is 12.1. The molecule has 21 heavy (non-hydrogen) atoms. The first-order chi connectivity index (χ1) is 10.1. The Bertz CT molecular complexity index is 639. The SMILES string of the molecule is CCCNCc1ccc(S(=O)(=O)NCc2nn[nH]n2)cc1. The lowest BCUT2D eigenvalue weighted by molar-refractivity contribution is 0.579. The molecule has 0 atom stereocenters. The maximum absolute atomic E-state index is 12.1. The molecule has 3 N–H and O–H groups in total. The van der Waals surface area contributed by atoms with E-state index in [1.54, 1.807) is 24.3 Å². The van der Waals surface area contributed by atoms with E-state index in [2.05, 4.69) is 37.6 Å². The highest BCUT2D eigenvalue weighted by Crippen LogP contribution is 2.10. The highest BCUT2D eigenvalue weighted by Gasteiger charge is 2.14. The molecular formula is C12H18N6O2S. The summed E-state index contributed by atoms with van der Waals surface area (Å²) in [6.45, 7) is 3.76. The molecule has 2 aromatic rings. The molecule has 0 aliphatic heterocycles. The molecule has 0 saturated heterocycles. The molecular weight excluding hydrogens is 292 g/mol. The highest BCUT2D eigenvalue weighted by atomic mass is 32.2. The summed E-state index contributed by atoms with van der Waals surface area (Å²) in [5, 5.41) is 16.3. The Hall–Kier alpha value is -1.84. The van der Waals surface area contributed by atoms with Gasteiger partial charge in [-0.05, 0) is 30.7 Å². The molecule has 1 aromatic carbocycles. The molecule has 0 amide bonds. The van der Waals surface area contributed by atoms with Gasteiger partial charge in [-0.1, -0.05) is 24.3 Å². The van der Waals surface area contributed by atoms with Gasteiger partial charge in [0.25, 0.3) is 0 Å². The van der Waals surface area contributed by atoms with Gasteiger partial charge >= 0.3 is 0 Å². The number of rotatable bonds is 8. The van der Waals surface area contributed by atoms with Gasteiger partial charge in [0.1, 0.15) is 0 Å². The lowest BCUT2D eigenvalue weighted by Crippen LogP contribution is -2.24. The van der Waals surface area contributed by atoms with E-state index in [0.29, 0.717) is 5.82 Å². The zero-order valence-corrected chi connectivity index (χ0v) is 12.5. The molecule has 8 nitrogen and oxygen atoms in total. The first-order valence-electron chi connectivity index (χ1n) is 6.63. The van der Waals surface area contributed by atoms with Gasteiger partial charge in [-0.3, -0.25) is 0 Å². The molecule has 0 fully saturated rings. The first kappa shape index (κ1) is 15.5. The number of benzene rings is 1. The van der Waals surface area contributed by atoms with E-state index in [1.165, 1.54) is 0 Å². The lowest BCUT2D eigenvalue weighted by Gasteiger charge is -2.07. The lowest BCUT2D eigenvalue weighted by atomic mass is 10.2. The Balaban J connectivity index is 1.96. The van der Waals surface area contributed by atoms with Gasteiger partial charge in [-0.25, -0.2) is 13.1 Å². The second-order valence-electron chi connectivity index (χ2n) is 4.47. The van der Waals surface area contributed by atoms with Crippen LogP contribution < -0.4 is 10.0 Å². The van der Waals surface area contributed by atoms with E-state index < -0.39 is 10.0 Å². The Labute approximate surface area is 123 Å². The number of tetrazole rings is 1. The molecule has 1 heterocycles. The molecule has 1 aromatic heterocycles.